The van der Waals surface area contributed by atoms with E-state index in [1.807, 2.05) is 0 Å². The van der Waals surface area contributed by atoms with E-state index in [2.05, 4.69) is 24.5 Å². The quantitative estimate of drug-likeness (QED) is 0.769. The fourth-order valence-corrected chi connectivity index (χ4v) is 1.63. The van der Waals surface area contributed by atoms with Crippen molar-refractivity contribution in [2.75, 3.05) is 13.1 Å². The highest BCUT2D eigenvalue weighted by Gasteiger charge is 2.09. The lowest BCUT2D eigenvalue weighted by Gasteiger charge is -2.09. The molecule has 0 aromatic carbocycles. The molecule has 0 unspecified atom stereocenters. The molecule has 0 spiro atoms. The molecule has 0 aliphatic rings. The van der Waals surface area contributed by atoms with Crippen molar-refractivity contribution in [3.63, 3.8) is 0 Å². The monoisotopic (exact) mass is 243 g/mol. The molecule has 16 heavy (non-hydrogen) atoms. The van der Waals surface area contributed by atoms with Crippen molar-refractivity contribution in [1.82, 2.24) is 15.2 Å². The maximum absolute atomic E-state index is 11.7. The van der Waals surface area contributed by atoms with Gasteiger partial charge in [0, 0.05) is 32.4 Å². The van der Waals surface area contributed by atoms with Crippen LogP contribution in [0.15, 0.2) is 12.3 Å². The fourth-order valence-electron chi connectivity index (χ4n) is 1.38. The molecule has 2 N–H and O–H groups in total. The number of hydrogen-bond donors (Lipinski definition) is 2. The van der Waals surface area contributed by atoms with Crippen LogP contribution in [0.3, 0.4) is 0 Å². The van der Waals surface area contributed by atoms with Crippen LogP contribution >= 0.6 is 11.6 Å². The Labute approximate surface area is 101 Å². The van der Waals surface area contributed by atoms with Crippen LogP contribution in [0.1, 0.15) is 24.3 Å². The lowest BCUT2D eigenvalue weighted by molar-refractivity contribution is 0.0945. The van der Waals surface area contributed by atoms with Gasteiger partial charge in [-0.2, -0.15) is 0 Å². The standard InChI is InChI=1S/C11H18ClN3O/c1-8(2)13-4-5-14-11(16)10-6-9(12)7-15(10)3/h6-8,13H,4-5H2,1-3H3,(H,14,16). The van der Waals surface area contributed by atoms with Crippen LogP contribution < -0.4 is 10.6 Å². The summed E-state index contributed by atoms with van der Waals surface area (Å²) in [6.45, 7) is 5.51. The molecule has 0 atom stereocenters. The van der Waals surface area contributed by atoms with Gasteiger partial charge in [0.15, 0.2) is 0 Å². The molecule has 0 bridgehead atoms. The third-order valence-corrected chi connectivity index (χ3v) is 2.37. The van der Waals surface area contributed by atoms with Gasteiger partial charge in [-0.15, -0.1) is 0 Å². The average Bonchev–Trinajstić information content (AvgIpc) is 2.52. The van der Waals surface area contributed by atoms with Gasteiger partial charge < -0.3 is 15.2 Å². The summed E-state index contributed by atoms with van der Waals surface area (Å²) in [6.07, 6.45) is 1.71. The Hall–Kier alpha value is -1.00. The number of nitrogens with zero attached hydrogens (tertiary/aromatic N) is 1. The third-order valence-electron chi connectivity index (χ3n) is 2.17. The first-order chi connectivity index (χ1) is 7.50. The van der Waals surface area contributed by atoms with Crippen LogP contribution in [0.5, 0.6) is 0 Å². The van der Waals surface area contributed by atoms with Gasteiger partial charge in [-0.05, 0) is 6.07 Å². The molecule has 5 heteroatoms. The van der Waals surface area contributed by atoms with E-state index in [0.717, 1.165) is 6.54 Å². The van der Waals surface area contributed by atoms with E-state index in [-0.39, 0.29) is 5.91 Å². The molecule has 0 saturated heterocycles. The zero-order valence-corrected chi connectivity index (χ0v) is 10.6. The molecular weight excluding hydrogens is 226 g/mol. The van der Waals surface area contributed by atoms with Gasteiger partial charge in [-0.1, -0.05) is 25.4 Å². The number of aromatic nitrogens is 1. The predicted molar refractivity (Wildman–Crippen MR) is 65.9 cm³/mol. The van der Waals surface area contributed by atoms with Crippen molar-refractivity contribution >= 4 is 17.5 Å². The Morgan fingerprint density at radius 2 is 2.19 bits per heavy atom. The molecule has 0 fully saturated rings. The minimum absolute atomic E-state index is 0.0973. The highest BCUT2D eigenvalue weighted by molar-refractivity contribution is 6.31. The second-order valence-corrected chi connectivity index (χ2v) is 4.46. The third kappa shape index (κ3) is 3.87. The largest absolute Gasteiger partial charge is 0.349 e. The van der Waals surface area contributed by atoms with Crippen LogP contribution in [0.2, 0.25) is 5.02 Å². The lowest BCUT2D eigenvalue weighted by atomic mass is 10.3. The van der Waals surface area contributed by atoms with E-state index in [1.165, 1.54) is 0 Å². The molecule has 1 aromatic heterocycles. The summed E-state index contributed by atoms with van der Waals surface area (Å²) in [4.78, 5) is 11.7. The number of amides is 1. The van der Waals surface area contributed by atoms with Gasteiger partial charge >= 0.3 is 0 Å². The van der Waals surface area contributed by atoms with Crippen LogP contribution in [-0.2, 0) is 7.05 Å². The first kappa shape index (κ1) is 13.1. The number of hydrogen-bond acceptors (Lipinski definition) is 2. The summed E-state index contributed by atoms with van der Waals surface area (Å²) in [5.41, 5.74) is 0.578. The van der Waals surface area contributed by atoms with E-state index < -0.39 is 0 Å². The van der Waals surface area contributed by atoms with Gasteiger partial charge in [-0.25, -0.2) is 0 Å². The molecule has 1 aromatic rings. The van der Waals surface area contributed by atoms with Gasteiger partial charge in [0.05, 0.1) is 5.02 Å². The van der Waals surface area contributed by atoms with Gasteiger partial charge in [0.1, 0.15) is 5.69 Å². The summed E-state index contributed by atoms with van der Waals surface area (Å²) >= 11 is 5.80. The van der Waals surface area contributed by atoms with Gasteiger partial charge in [-0.3, -0.25) is 4.79 Å². The first-order valence-electron chi connectivity index (χ1n) is 5.34. The smallest absolute Gasteiger partial charge is 0.267 e. The molecule has 0 aliphatic heterocycles. The first-order valence-corrected chi connectivity index (χ1v) is 5.72. The van der Waals surface area contributed by atoms with E-state index in [1.54, 1.807) is 23.9 Å². The van der Waals surface area contributed by atoms with Crippen LogP contribution in [0.25, 0.3) is 0 Å². The SMILES string of the molecule is CC(C)NCCNC(=O)c1cc(Cl)cn1C. The van der Waals surface area contributed by atoms with Crippen LogP contribution in [0.4, 0.5) is 0 Å². The minimum atomic E-state index is -0.0973. The number of carbonyl (C=O) groups excluding carboxylic acids is 1. The van der Waals surface area contributed by atoms with E-state index in [0.29, 0.717) is 23.3 Å². The van der Waals surface area contributed by atoms with Crippen molar-refractivity contribution in [3.8, 4) is 0 Å². The maximum Gasteiger partial charge on any atom is 0.267 e. The Morgan fingerprint density at radius 1 is 1.50 bits per heavy atom. The summed E-state index contributed by atoms with van der Waals surface area (Å²) < 4.78 is 1.72. The van der Waals surface area contributed by atoms with E-state index in [4.69, 9.17) is 11.6 Å². The molecule has 90 valence electrons. The number of aryl methyl sites for hydroxylation is 1. The number of halogens is 1. The van der Waals surface area contributed by atoms with E-state index in [9.17, 15) is 4.79 Å². The Morgan fingerprint density at radius 3 is 2.69 bits per heavy atom. The van der Waals surface area contributed by atoms with E-state index >= 15 is 0 Å². The summed E-state index contributed by atoms with van der Waals surface area (Å²) in [6, 6.07) is 2.09. The number of rotatable bonds is 5. The number of carbonyl (C=O) groups is 1. The zero-order valence-electron chi connectivity index (χ0n) is 9.88. The van der Waals surface area contributed by atoms with Crippen molar-refractivity contribution in [3.05, 3.63) is 23.0 Å². The Balaban J connectivity index is 2.38. The summed E-state index contributed by atoms with van der Waals surface area (Å²) in [5, 5.41) is 6.63. The molecule has 0 saturated carbocycles. The highest BCUT2D eigenvalue weighted by Crippen LogP contribution is 2.12. The summed E-state index contributed by atoms with van der Waals surface area (Å²) in [5.74, 6) is -0.0973. The molecular formula is C11H18ClN3O. The molecule has 1 heterocycles. The molecule has 4 nitrogen and oxygen atoms in total. The molecule has 0 aliphatic carbocycles. The number of nitrogens with one attached hydrogen (secondary N) is 2. The molecule has 0 radical (unpaired) electrons. The molecule has 1 rings (SSSR count). The van der Waals surface area contributed by atoms with Gasteiger partial charge in [0.2, 0.25) is 0 Å². The zero-order chi connectivity index (χ0) is 12.1. The highest BCUT2D eigenvalue weighted by atomic mass is 35.5. The fraction of sp³-hybridized carbons (Fsp3) is 0.545. The maximum atomic E-state index is 11.7. The van der Waals surface area contributed by atoms with Gasteiger partial charge in [0.25, 0.3) is 5.91 Å². The second kappa shape index (κ2) is 5.92. The lowest BCUT2D eigenvalue weighted by Crippen LogP contribution is -2.35. The van der Waals surface area contributed by atoms with Crippen molar-refractivity contribution in [2.45, 2.75) is 19.9 Å². The Kier molecular flexibility index (Phi) is 4.83. The van der Waals surface area contributed by atoms with Crippen molar-refractivity contribution in [1.29, 1.82) is 0 Å². The minimum Gasteiger partial charge on any atom is -0.349 e. The molecule has 1 amide bonds. The van der Waals surface area contributed by atoms with Crippen LogP contribution in [-0.4, -0.2) is 29.6 Å². The van der Waals surface area contributed by atoms with Crippen molar-refractivity contribution in [2.24, 2.45) is 7.05 Å². The topological polar surface area (TPSA) is 46.1 Å². The second-order valence-electron chi connectivity index (χ2n) is 4.02. The summed E-state index contributed by atoms with van der Waals surface area (Å²) in [7, 11) is 1.80. The van der Waals surface area contributed by atoms with Crippen LogP contribution in [0, 0.1) is 0 Å². The average molecular weight is 244 g/mol. The van der Waals surface area contributed by atoms with Crippen molar-refractivity contribution < 1.29 is 4.79 Å². The predicted octanol–water partition coefficient (Wildman–Crippen LogP) is 1.41. The Bertz CT molecular complexity index is 360. The normalized spacial score (nSPS) is 10.8.